The van der Waals surface area contributed by atoms with Gasteiger partial charge >= 0.3 is 0 Å². The molecule has 0 N–H and O–H groups in total. The Morgan fingerprint density at radius 3 is 0.925 bits per heavy atom. The summed E-state index contributed by atoms with van der Waals surface area (Å²) in [4.78, 5) is 4.72. The minimum atomic E-state index is -0.671. The predicted octanol–water partition coefficient (Wildman–Crippen LogP) is 27.5. The highest BCUT2D eigenvalue weighted by atomic mass is 19.1. The van der Waals surface area contributed by atoms with E-state index < -0.39 is 10.8 Å². The van der Waals surface area contributed by atoms with Crippen molar-refractivity contribution in [2.75, 3.05) is 9.80 Å². The molecular weight excluding hydrogens is 1310 g/mol. The van der Waals surface area contributed by atoms with E-state index in [1.807, 2.05) is 36.4 Å². The molecule has 17 aromatic rings. The number of furan rings is 1. The summed E-state index contributed by atoms with van der Waals surface area (Å²) < 4.78 is 35.6. The van der Waals surface area contributed by atoms with Gasteiger partial charge in [-0.25, -0.2) is 8.78 Å². The van der Waals surface area contributed by atoms with Gasteiger partial charge in [0.25, 0.3) is 0 Å². The smallest absolute Gasteiger partial charge is 0.137 e. The summed E-state index contributed by atoms with van der Waals surface area (Å²) in [5.74, 6) is -0.524. The molecule has 0 saturated heterocycles. The summed E-state index contributed by atoms with van der Waals surface area (Å²) in [6.07, 6.45) is 3.81. The van der Waals surface area contributed by atoms with Crippen LogP contribution in [0.1, 0.15) is 55.6 Å². The zero-order valence-electron chi connectivity index (χ0n) is 58.4. The van der Waals surface area contributed by atoms with E-state index in [4.69, 9.17) is 4.42 Å². The number of fused-ring (bicyclic) bond motifs is 9. The Morgan fingerprint density at radius 2 is 0.551 bits per heavy atom. The Hall–Kier alpha value is -13.7. The van der Waals surface area contributed by atoms with Crippen molar-refractivity contribution in [1.82, 2.24) is 0 Å². The van der Waals surface area contributed by atoms with Gasteiger partial charge in [-0.1, -0.05) is 280 Å². The SMILES string of the molecule is C=Cc1ccc(C2(c3ccccc3)c3ccccc3-c3ccc(N(c4ccc(-c5cccc(-c6ccc(F)cc6)c5)cc4)c4ccc5c(c4)oc4cc(N(c6ccc(-c7cccc(-c8ccc(F)cc8)c7)cc6)c6ccc7c(c6)C(c6ccccc6)(c6ccc(C=C)cc6)c6ccccc6-7)ccc45)cc32)cc1. The van der Waals surface area contributed by atoms with E-state index in [1.165, 1.54) is 79.9 Å². The zero-order chi connectivity index (χ0) is 71.7. The molecule has 0 bridgehead atoms. The maximum Gasteiger partial charge on any atom is 0.137 e. The molecule has 506 valence electrons. The summed E-state index contributed by atoms with van der Waals surface area (Å²) in [5, 5.41) is 1.98. The van der Waals surface area contributed by atoms with Gasteiger partial charge in [0.05, 0.1) is 10.8 Å². The largest absolute Gasteiger partial charge is 0.456 e. The molecule has 0 radical (unpaired) electrons. The Balaban J connectivity index is 0.772. The molecule has 107 heavy (non-hydrogen) atoms. The quantitative estimate of drug-likeness (QED) is 0.0961. The molecule has 2 aliphatic rings. The minimum Gasteiger partial charge on any atom is -0.456 e. The van der Waals surface area contributed by atoms with Crippen LogP contribution in [-0.2, 0) is 10.8 Å². The third-order valence-corrected chi connectivity index (χ3v) is 22.1. The van der Waals surface area contributed by atoms with Crippen molar-refractivity contribution in [3.63, 3.8) is 0 Å². The van der Waals surface area contributed by atoms with Gasteiger partial charge in [0.1, 0.15) is 22.8 Å². The molecule has 3 nitrogen and oxygen atoms in total. The first kappa shape index (κ1) is 64.1. The van der Waals surface area contributed by atoms with E-state index in [-0.39, 0.29) is 11.6 Å². The Morgan fingerprint density at radius 1 is 0.243 bits per heavy atom. The number of anilines is 6. The molecule has 0 spiro atoms. The van der Waals surface area contributed by atoms with Gasteiger partial charge in [-0.3, -0.25) is 0 Å². The molecule has 2 aliphatic carbocycles. The summed E-state index contributed by atoms with van der Waals surface area (Å²) in [5.41, 5.74) is 30.4. The van der Waals surface area contributed by atoms with Crippen molar-refractivity contribution < 1.29 is 13.2 Å². The number of nitrogens with zero attached hydrogens (tertiary/aromatic N) is 2. The van der Waals surface area contributed by atoms with Crippen molar-refractivity contribution in [2.24, 2.45) is 0 Å². The second-order valence-corrected chi connectivity index (χ2v) is 27.8. The van der Waals surface area contributed by atoms with E-state index in [0.29, 0.717) is 0 Å². The molecule has 2 atom stereocenters. The Labute approximate surface area is 621 Å². The van der Waals surface area contributed by atoms with E-state index >= 15 is 0 Å². The van der Waals surface area contributed by atoms with E-state index in [2.05, 4.69) is 351 Å². The lowest BCUT2D eigenvalue weighted by molar-refractivity contribution is 0.627. The predicted molar refractivity (Wildman–Crippen MR) is 440 cm³/mol. The molecule has 0 saturated carbocycles. The van der Waals surface area contributed by atoms with E-state index in [1.54, 1.807) is 0 Å². The summed E-state index contributed by atoms with van der Waals surface area (Å²) in [7, 11) is 0. The van der Waals surface area contributed by atoms with Gasteiger partial charge in [-0.15, -0.1) is 0 Å². The van der Waals surface area contributed by atoms with Crippen molar-refractivity contribution in [3.05, 3.63) is 457 Å². The van der Waals surface area contributed by atoms with Crippen molar-refractivity contribution >= 4 is 68.2 Å². The highest BCUT2D eigenvalue weighted by molar-refractivity contribution is 6.08. The van der Waals surface area contributed by atoms with Crippen molar-refractivity contribution in [1.29, 1.82) is 0 Å². The number of hydrogen-bond donors (Lipinski definition) is 0. The van der Waals surface area contributed by atoms with Crippen LogP contribution in [0.4, 0.5) is 42.9 Å². The van der Waals surface area contributed by atoms with Gasteiger partial charge in [-0.2, -0.15) is 0 Å². The normalized spacial score (nSPS) is 14.6. The van der Waals surface area contributed by atoms with Crippen LogP contribution < -0.4 is 9.80 Å². The lowest BCUT2D eigenvalue weighted by Crippen LogP contribution is -2.28. The fourth-order valence-corrected chi connectivity index (χ4v) is 17.1. The second kappa shape index (κ2) is 26.2. The molecule has 16 aromatic carbocycles. The van der Waals surface area contributed by atoms with Crippen LogP contribution in [0.25, 0.3) is 101 Å². The van der Waals surface area contributed by atoms with Crippen LogP contribution in [0.5, 0.6) is 0 Å². The highest BCUT2D eigenvalue weighted by Gasteiger charge is 2.48. The van der Waals surface area contributed by atoms with Crippen LogP contribution in [0.2, 0.25) is 0 Å². The van der Waals surface area contributed by atoms with Gasteiger partial charge in [0.2, 0.25) is 0 Å². The average molecular weight is 1380 g/mol. The summed E-state index contributed by atoms with van der Waals surface area (Å²) >= 11 is 0. The van der Waals surface area contributed by atoms with Crippen molar-refractivity contribution in [3.8, 4) is 66.8 Å². The highest BCUT2D eigenvalue weighted by Crippen LogP contribution is 2.60. The van der Waals surface area contributed by atoms with Crippen LogP contribution in [-0.4, -0.2) is 0 Å². The standard InChI is InChI=1S/C102H68F2N2O/c1-3-67-29-41-79(42-30-67)101(77-21-7-5-8-22-77)95-27-13-11-25-89(95)91-57-53-85(63-97(91)101)105(83-49-37-71(38-50-83)75-19-15-17-73(61-75)69-33-45-81(103)46-34-69)87-55-59-93-94-60-56-88(66-100(94)107-99(93)65-87)106(84-51-39-72(40-52-84)76-20-16-18-74(62-76)70-35-47-82(104)48-36-70)86-54-58-92-90-26-12-14-28-96(90)102(98(92)64-86,78-23-9-6-10-24-78)80-43-31-68(4-2)32-44-80/h3-66H,1-2H2. The fourth-order valence-electron chi connectivity index (χ4n) is 17.1. The van der Waals surface area contributed by atoms with Crippen LogP contribution >= 0.6 is 0 Å². The molecule has 0 amide bonds. The van der Waals surface area contributed by atoms with Gasteiger partial charge in [-0.05, 0) is 232 Å². The Kier molecular flexibility index (Phi) is 15.7. The number of benzene rings is 16. The maximum atomic E-state index is 14.2. The first-order chi connectivity index (χ1) is 52.7. The van der Waals surface area contributed by atoms with Crippen LogP contribution in [0, 0.1) is 11.6 Å². The maximum absolute atomic E-state index is 14.2. The molecule has 0 fully saturated rings. The summed E-state index contributed by atoms with van der Waals surface area (Å²) in [6.45, 7) is 8.25. The molecule has 5 heteroatoms. The van der Waals surface area contributed by atoms with Gasteiger partial charge in [0.15, 0.2) is 0 Å². The summed E-state index contributed by atoms with van der Waals surface area (Å²) in [6, 6.07) is 132. The molecule has 2 unspecified atom stereocenters. The van der Waals surface area contributed by atoms with Gasteiger partial charge < -0.3 is 14.2 Å². The average Bonchev–Trinajstić information content (AvgIpc) is 1.55. The van der Waals surface area contributed by atoms with E-state index in [9.17, 15) is 8.78 Å². The lowest BCUT2D eigenvalue weighted by Gasteiger charge is -2.35. The molecule has 1 heterocycles. The van der Waals surface area contributed by atoms with Gasteiger partial charge in [0, 0.05) is 57.0 Å². The number of rotatable bonds is 16. The topological polar surface area (TPSA) is 19.6 Å². The van der Waals surface area contributed by atoms with Crippen LogP contribution in [0.15, 0.2) is 394 Å². The van der Waals surface area contributed by atoms with Crippen molar-refractivity contribution in [2.45, 2.75) is 10.8 Å². The third kappa shape index (κ3) is 10.8. The van der Waals surface area contributed by atoms with E-state index in [0.717, 1.165) is 123 Å². The number of hydrogen-bond acceptors (Lipinski definition) is 3. The molecule has 0 aliphatic heterocycles. The third-order valence-electron chi connectivity index (χ3n) is 22.1. The first-order valence-corrected chi connectivity index (χ1v) is 36.3. The number of halogens is 2. The monoisotopic (exact) mass is 1370 g/mol. The first-order valence-electron chi connectivity index (χ1n) is 36.3. The molecule has 19 rings (SSSR count). The fraction of sp³-hybridized carbons (Fsp3) is 0.0196. The molecule has 1 aromatic heterocycles. The minimum absolute atomic E-state index is 0.262. The Bertz CT molecular complexity index is 5900. The lowest BCUT2D eigenvalue weighted by atomic mass is 9.67. The molecular formula is C102H68F2N2O. The van der Waals surface area contributed by atoms with Crippen LogP contribution in [0.3, 0.4) is 0 Å². The second-order valence-electron chi connectivity index (χ2n) is 27.8. The zero-order valence-corrected chi connectivity index (χ0v) is 58.4.